The van der Waals surface area contributed by atoms with Gasteiger partial charge in [0.15, 0.2) is 5.89 Å². The number of nitrogens with zero attached hydrogens (tertiary/aromatic N) is 1. The largest absolute Gasteiger partial charge is 0.445 e. The molecule has 0 unspecified atom stereocenters. The number of aryl methyl sites for hydroxylation is 1. The molecule has 0 saturated heterocycles. The maximum atomic E-state index is 5.84. The molecule has 3 heteroatoms. The molecule has 0 amide bonds. The highest BCUT2D eigenvalue weighted by atomic mass is 16.4. The summed E-state index contributed by atoms with van der Waals surface area (Å²) in [5.74, 6) is 3.09. The predicted octanol–water partition coefficient (Wildman–Crippen LogP) is 2.57. The van der Waals surface area contributed by atoms with Gasteiger partial charge in [0.2, 0.25) is 0 Å². The Morgan fingerprint density at radius 2 is 2.20 bits per heavy atom. The summed E-state index contributed by atoms with van der Waals surface area (Å²) < 4.78 is 5.84. The number of oxazole rings is 1. The van der Waals surface area contributed by atoms with E-state index in [9.17, 15) is 0 Å². The second kappa shape index (κ2) is 4.35. The zero-order valence-electron chi connectivity index (χ0n) is 9.62. The zero-order valence-corrected chi connectivity index (χ0v) is 9.62. The maximum absolute atomic E-state index is 5.84. The maximum Gasteiger partial charge on any atom is 0.197 e. The minimum atomic E-state index is 0.453. The van der Waals surface area contributed by atoms with Gasteiger partial charge >= 0.3 is 0 Å². The topological polar surface area (TPSA) is 52.0 Å². The summed E-state index contributed by atoms with van der Waals surface area (Å²) in [5, 5.41) is 0. The Morgan fingerprint density at radius 3 is 2.73 bits per heavy atom. The highest BCUT2D eigenvalue weighted by Crippen LogP contribution is 2.40. The lowest BCUT2D eigenvalue weighted by molar-refractivity contribution is 0.450. The van der Waals surface area contributed by atoms with Gasteiger partial charge in [0.1, 0.15) is 5.76 Å². The summed E-state index contributed by atoms with van der Waals surface area (Å²) in [7, 11) is 0. The molecule has 2 rings (SSSR count). The van der Waals surface area contributed by atoms with E-state index in [1.807, 2.05) is 0 Å². The number of aromatic nitrogens is 1. The molecule has 1 aromatic rings. The van der Waals surface area contributed by atoms with Crippen molar-refractivity contribution in [3.8, 4) is 0 Å². The molecule has 1 aromatic heterocycles. The van der Waals surface area contributed by atoms with E-state index < -0.39 is 0 Å². The van der Waals surface area contributed by atoms with Crippen LogP contribution in [0.4, 0.5) is 0 Å². The first kappa shape index (κ1) is 10.7. The third-order valence-corrected chi connectivity index (χ3v) is 2.83. The third kappa shape index (κ3) is 2.40. The van der Waals surface area contributed by atoms with Crippen molar-refractivity contribution < 1.29 is 4.42 Å². The molecule has 3 nitrogen and oxygen atoms in total. The van der Waals surface area contributed by atoms with Gasteiger partial charge in [-0.25, -0.2) is 4.98 Å². The summed E-state index contributed by atoms with van der Waals surface area (Å²) in [4.78, 5) is 4.62. The van der Waals surface area contributed by atoms with Gasteiger partial charge < -0.3 is 10.2 Å². The fourth-order valence-corrected chi connectivity index (χ4v) is 1.78. The van der Waals surface area contributed by atoms with Crippen molar-refractivity contribution in [1.29, 1.82) is 0 Å². The summed E-state index contributed by atoms with van der Waals surface area (Å²) in [6, 6.07) is 0. The van der Waals surface area contributed by atoms with E-state index in [2.05, 4.69) is 18.8 Å². The standard InChI is InChI=1S/C12H20N2O/c1-8(2)11-10(4-3-7-13)15-12(14-11)9-5-6-9/h8-9H,3-7,13H2,1-2H3. The molecule has 15 heavy (non-hydrogen) atoms. The molecule has 1 aliphatic rings. The van der Waals surface area contributed by atoms with E-state index in [0.717, 1.165) is 36.7 Å². The molecule has 84 valence electrons. The molecule has 0 atom stereocenters. The Kier molecular flexibility index (Phi) is 3.10. The summed E-state index contributed by atoms with van der Waals surface area (Å²) >= 11 is 0. The van der Waals surface area contributed by atoms with Crippen LogP contribution in [0.15, 0.2) is 4.42 Å². The van der Waals surface area contributed by atoms with E-state index in [4.69, 9.17) is 10.2 Å². The molecular weight excluding hydrogens is 188 g/mol. The Bertz CT molecular complexity index is 326. The van der Waals surface area contributed by atoms with Crippen molar-refractivity contribution >= 4 is 0 Å². The fourth-order valence-electron chi connectivity index (χ4n) is 1.78. The zero-order chi connectivity index (χ0) is 10.8. The second-order valence-electron chi connectivity index (χ2n) is 4.68. The first-order chi connectivity index (χ1) is 7.22. The van der Waals surface area contributed by atoms with Gasteiger partial charge in [-0.1, -0.05) is 13.8 Å². The van der Waals surface area contributed by atoms with Crippen LogP contribution < -0.4 is 5.73 Å². The molecule has 0 spiro atoms. The van der Waals surface area contributed by atoms with E-state index in [0.29, 0.717) is 11.8 Å². The van der Waals surface area contributed by atoms with Crippen LogP contribution in [0.25, 0.3) is 0 Å². The van der Waals surface area contributed by atoms with Gasteiger partial charge in [-0.05, 0) is 31.7 Å². The predicted molar refractivity (Wildman–Crippen MR) is 59.9 cm³/mol. The lowest BCUT2D eigenvalue weighted by atomic mass is 10.1. The van der Waals surface area contributed by atoms with Gasteiger partial charge in [-0.15, -0.1) is 0 Å². The lowest BCUT2D eigenvalue weighted by Gasteiger charge is -2.02. The van der Waals surface area contributed by atoms with Crippen molar-refractivity contribution in [3.63, 3.8) is 0 Å². The van der Waals surface area contributed by atoms with Crippen molar-refractivity contribution in [2.24, 2.45) is 5.73 Å². The molecule has 1 heterocycles. The number of hydrogen-bond donors (Lipinski definition) is 1. The number of hydrogen-bond acceptors (Lipinski definition) is 3. The van der Waals surface area contributed by atoms with Gasteiger partial charge in [0.05, 0.1) is 5.69 Å². The fraction of sp³-hybridized carbons (Fsp3) is 0.750. The highest BCUT2D eigenvalue weighted by molar-refractivity contribution is 5.17. The van der Waals surface area contributed by atoms with Crippen molar-refractivity contribution in [2.45, 2.75) is 51.4 Å². The molecule has 1 aliphatic carbocycles. The third-order valence-electron chi connectivity index (χ3n) is 2.83. The van der Waals surface area contributed by atoms with Gasteiger partial charge in [0, 0.05) is 12.3 Å². The van der Waals surface area contributed by atoms with E-state index in [-0.39, 0.29) is 0 Å². The molecular formula is C12H20N2O. The normalized spacial score (nSPS) is 16.3. The first-order valence-corrected chi connectivity index (χ1v) is 5.92. The van der Waals surface area contributed by atoms with Gasteiger partial charge in [-0.3, -0.25) is 0 Å². The first-order valence-electron chi connectivity index (χ1n) is 5.92. The van der Waals surface area contributed by atoms with Crippen LogP contribution in [0.2, 0.25) is 0 Å². The smallest absolute Gasteiger partial charge is 0.197 e. The highest BCUT2D eigenvalue weighted by Gasteiger charge is 2.30. The summed E-state index contributed by atoms with van der Waals surface area (Å²) in [6.07, 6.45) is 4.41. The number of rotatable bonds is 5. The van der Waals surface area contributed by atoms with Crippen LogP contribution in [0, 0.1) is 0 Å². The molecule has 1 fully saturated rings. The van der Waals surface area contributed by atoms with E-state index >= 15 is 0 Å². The Balaban J connectivity index is 2.16. The number of nitrogens with two attached hydrogens (primary N) is 1. The van der Waals surface area contributed by atoms with Gasteiger partial charge in [0.25, 0.3) is 0 Å². The molecule has 0 radical (unpaired) electrons. The molecule has 0 aromatic carbocycles. The minimum absolute atomic E-state index is 0.453. The quantitative estimate of drug-likeness (QED) is 0.809. The average Bonchev–Trinajstić information content (AvgIpc) is 2.96. The van der Waals surface area contributed by atoms with Crippen LogP contribution in [-0.4, -0.2) is 11.5 Å². The van der Waals surface area contributed by atoms with Crippen LogP contribution in [0.1, 0.15) is 62.3 Å². The van der Waals surface area contributed by atoms with Crippen LogP contribution in [-0.2, 0) is 6.42 Å². The van der Waals surface area contributed by atoms with Crippen molar-refractivity contribution in [1.82, 2.24) is 4.98 Å². The Labute approximate surface area is 91.1 Å². The molecule has 0 bridgehead atoms. The van der Waals surface area contributed by atoms with Crippen LogP contribution in [0.5, 0.6) is 0 Å². The Hall–Kier alpha value is -0.830. The molecule has 0 aliphatic heterocycles. The molecule has 2 N–H and O–H groups in total. The van der Waals surface area contributed by atoms with Gasteiger partial charge in [-0.2, -0.15) is 0 Å². The van der Waals surface area contributed by atoms with Crippen molar-refractivity contribution in [3.05, 3.63) is 17.3 Å². The lowest BCUT2D eigenvalue weighted by Crippen LogP contribution is -2.02. The summed E-state index contributed by atoms with van der Waals surface area (Å²) in [5.41, 5.74) is 6.66. The monoisotopic (exact) mass is 208 g/mol. The molecule has 1 saturated carbocycles. The van der Waals surface area contributed by atoms with Crippen molar-refractivity contribution in [2.75, 3.05) is 6.54 Å². The summed E-state index contributed by atoms with van der Waals surface area (Å²) in [6.45, 7) is 5.05. The van der Waals surface area contributed by atoms with E-state index in [1.165, 1.54) is 12.8 Å². The van der Waals surface area contributed by atoms with Crippen LogP contribution >= 0.6 is 0 Å². The second-order valence-corrected chi connectivity index (χ2v) is 4.68. The SMILES string of the molecule is CC(C)c1nc(C2CC2)oc1CCCN. The Morgan fingerprint density at radius 1 is 1.47 bits per heavy atom. The van der Waals surface area contributed by atoms with Crippen LogP contribution in [0.3, 0.4) is 0 Å². The van der Waals surface area contributed by atoms with E-state index in [1.54, 1.807) is 0 Å². The minimum Gasteiger partial charge on any atom is -0.445 e. The average molecular weight is 208 g/mol.